The Balaban J connectivity index is 0.00000225. The van der Waals surface area contributed by atoms with Crippen molar-refractivity contribution in [1.29, 1.82) is 0 Å². The van der Waals surface area contributed by atoms with Gasteiger partial charge in [-0.2, -0.15) is 0 Å². The second-order valence-electron chi connectivity index (χ2n) is 11.9. The Labute approximate surface area is 186 Å². The molecule has 154 valence electrons. The van der Waals surface area contributed by atoms with Gasteiger partial charge in [-0.25, -0.2) is 0 Å². The van der Waals surface area contributed by atoms with Gasteiger partial charge in [0.2, 0.25) is 0 Å². The van der Waals surface area contributed by atoms with Gasteiger partial charge in [0, 0.05) is 0 Å². The zero-order chi connectivity index (χ0) is 19.4. The van der Waals surface area contributed by atoms with Crippen molar-refractivity contribution in [1.82, 2.24) is 0 Å². The Hall–Kier alpha value is 0.137. The van der Waals surface area contributed by atoms with E-state index < -0.39 is 0 Å². The van der Waals surface area contributed by atoms with Gasteiger partial charge in [0.25, 0.3) is 0 Å². The summed E-state index contributed by atoms with van der Waals surface area (Å²) in [6, 6.07) is 0. The zero-order valence-electron chi connectivity index (χ0n) is 19.6. The molecule has 0 bridgehead atoms. The minimum atomic E-state index is 0. The molecule has 0 radical (unpaired) electrons. The summed E-state index contributed by atoms with van der Waals surface area (Å²) in [4.78, 5) is 0. The molecule has 0 aromatic carbocycles. The molecule has 0 N–H and O–H groups in total. The van der Waals surface area contributed by atoms with Crippen LogP contribution in [0.3, 0.4) is 0 Å². The fraction of sp³-hybridized carbons (Fsp3) is 0.923. The number of hydrogen-bond acceptors (Lipinski definition) is 1. The average Bonchev–Trinajstić information content (AvgIpc) is 2.97. The minimum Gasteiger partial charge on any atom is -0.876 e. The molecular formula is C26H43LiO. The number of allylic oxidation sites excluding steroid dienone is 2. The standard InChI is InChI=1S/C26H44O.Li/c1-17(2)6-7-18(3)22-10-11-23-21-9-8-19-16-20(27)12-14-25(19,4)24(21)13-15-26(22,23)5;/h16-19,21-24,27H,6-15H2,1-5H3;/q;+1/p-1/t18?,19-,21?,22+,23?,24?,25-,26+;/m0./s1. The molecule has 4 rings (SSSR count). The molecule has 4 unspecified atom stereocenters. The fourth-order valence-corrected chi connectivity index (χ4v) is 8.60. The molecule has 28 heavy (non-hydrogen) atoms. The number of hydrogen-bond donors (Lipinski definition) is 0. The minimum absolute atomic E-state index is 0. The molecule has 3 fully saturated rings. The van der Waals surface area contributed by atoms with Crippen LogP contribution in [0.5, 0.6) is 0 Å². The van der Waals surface area contributed by atoms with E-state index in [9.17, 15) is 5.11 Å². The van der Waals surface area contributed by atoms with Gasteiger partial charge in [-0.15, -0.1) is 5.76 Å². The molecule has 4 aliphatic carbocycles. The van der Waals surface area contributed by atoms with Crippen LogP contribution >= 0.6 is 0 Å². The first kappa shape index (κ1) is 22.8. The van der Waals surface area contributed by atoms with E-state index in [4.69, 9.17) is 0 Å². The Bertz CT molecular complexity index is 583. The maximum atomic E-state index is 12.0. The number of rotatable bonds is 4. The first-order valence-electron chi connectivity index (χ1n) is 12.1. The van der Waals surface area contributed by atoms with Crippen molar-refractivity contribution in [3.8, 4) is 0 Å². The Kier molecular flexibility index (Phi) is 6.80. The third-order valence-electron chi connectivity index (χ3n) is 10.2. The van der Waals surface area contributed by atoms with Crippen LogP contribution < -0.4 is 24.0 Å². The van der Waals surface area contributed by atoms with Crippen LogP contribution in [0.4, 0.5) is 0 Å². The molecule has 2 heteroatoms. The van der Waals surface area contributed by atoms with Gasteiger partial charge in [-0.05, 0) is 104 Å². The van der Waals surface area contributed by atoms with Crippen LogP contribution in [-0.4, -0.2) is 0 Å². The largest absolute Gasteiger partial charge is 1.00 e. The van der Waals surface area contributed by atoms with Gasteiger partial charge in [0.05, 0.1) is 0 Å². The van der Waals surface area contributed by atoms with Gasteiger partial charge in [-0.3, -0.25) is 0 Å². The van der Waals surface area contributed by atoms with Crippen LogP contribution in [0.2, 0.25) is 0 Å². The molecule has 4 aliphatic rings. The van der Waals surface area contributed by atoms with E-state index in [1.165, 1.54) is 51.4 Å². The third kappa shape index (κ3) is 3.66. The second-order valence-corrected chi connectivity index (χ2v) is 11.9. The molecule has 0 amide bonds. The molecule has 0 saturated heterocycles. The van der Waals surface area contributed by atoms with Gasteiger partial charge in [-0.1, -0.05) is 53.5 Å². The zero-order valence-corrected chi connectivity index (χ0v) is 19.6. The Morgan fingerprint density at radius 3 is 2.36 bits per heavy atom. The normalized spacial score (nSPS) is 46.1. The summed E-state index contributed by atoms with van der Waals surface area (Å²) in [6.07, 6.45) is 15.4. The van der Waals surface area contributed by atoms with E-state index >= 15 is 0 Å². The van der Waals surface area contributed by atoms with Crippen molar-refractivity contribution in [2.45, 2.75) is 98.8 Å². The van der Waals surface area contributed by atoms with Crippen molar-refractivity contribution < 1.29 is 24.0 Å². The van der Waals surface area contributed by atoms with Gasteiger partial charge in [0.15, 0.2) is 0 Å². The maximum absolute atomic E-state index is 12.0. The smallest absolute Gasteiger partial charge is 0.876 e. The van der Waals surface area contributed by atoms with Crippen molar-refractivity contribution in [3.63, 3.8) is 0 Å². The van der Waals surface area contributed by atoms with Crippen molar-refractivity contribution in [2.24, 2.45) is 52.3 Å². The molecule has 8 atom stereocenters. The molecule has 0 aromatic heterocycles. The predicted molar refractivity (Wildman–Crippen MR) is 112 cm³/mol. The molecule has 3 saturated carbocycles. The van der Waals surface area contributed by atoms with Crippen molar-refractivity contribution >= 4 is 0 Å². The first-order chi connectivity index (χ1) is 12.8. The third-order valence-corrected chi connectivity index (χ3v) is 10.2. The van der Waals surface area contributed by atoms with E-state index in [1.54, 1.807) is 0 Å². The van der Waals surface area contributed by atoms with E-state index in [1.807, 2.05) is 0 Å². The van der Waals surface area contributed by atoms with Crippen LogP contribution in [0.15, 0.2) is 11.8 Å². The summed E-state index contributed by atoms with van der Waals surface area (Å²) in [5.74, 6) is 6.46. The van der Waals surface area contributed by atoms with Crippen molar-refractivity contribution in [2.75, 3.05) is 0 Å². The molecule has 0 spiro atoms. The SMILES string of the molecule is CC(C)CCC(C)[C@H]1CCC2C3CC[C@H]4C=C([O-])CC[C@]4(C)C3CC[C@@]21C.[Li+]. The summed E-state index contributed by atoms with van der Waals surface area (Å²) in [7, 11) is 0. The van der Waals surface area contributed by atoms with E-state index in [0.717, 1.165) is 48.3 Å². The quantitative estimate of drug-likeness (QED) is 0.686. The average molecular weight is 379 g/mol. The second kappa shape index (κ2) is 8.34. The molecule has 0 heterocycles. The summed E-state index contributed by atoms with van der Waals surface area (Å²) >= 11 is 0. The van der Waals surface area contributed by atoms with Crippen LogP contribution in [0.1, 0.15) is 98.8 Å². The predicted octanol–water partition coefficient (Wildman–Crippen LogP) is 3.58. The molecule has 0 aliphatic heterocycles. The van der Waals surface area contributed by atoms with Crippen LogP contribution in [0.25, 0.3) is 0 Å². The maximum Gasteiger partial charge on any atom is 1.00 e. The Morgan fingerprint density at radius 2 is 1.64 bits per heavy atom. The van der Waals surface area contributed by atoms with Crippen LogP contribution in [-0.2, 0) is 0 Å². The summed E-state index contributed by atoms with van der Waals surface area (Å²) in [5.41, 5.74) is 1.01. The summed E-state index contributed by atoms with van der Waals surface area (Å²) in [6.45, 7) is 12.6. The summed E-state index contributed by atoms with van der Waals surface area (Å²) < 4.78 is 0. The van der Waals surface area contributed by atoms with Gasteiger partial charge < -0.3 is 5.11 Å². The molecule has 0 aromatic rings. The van der Waals surface area contributed by atoms with Gasteiger partial charge >= 0.3 is 18.9 Å². The van der Waals surface area contributed by atoms with Crippen LogP contribution in [0, 0.1) is 52.3 Å². The van der Waals surface area contributed by atoms with E-state index in [0.29, 0.717) is 22.5 Å². The van der Waals surface area contributed by atoms with E-state index in [-0.39, 0.29) is 18.9 Å². The topological polar surface area (TPSA) is 23.1 Å². The van der Waals surface area contributed by atoms with Gasteiger partial charge in [0.1, 0.15) is 0 Å². The molecule has 1 nitrogen and oxygen atoms in total. The summed E-state index contributed by atoms with van der Waals surface area (Å²) in [5, 5.41) is 12.0. The van der Waals surface area contributed by atoms with Crippen molar-refractivity contribution in [3.05, 3.63) is 11.8 Å². The molecular weight excluding hydrogens is 335 g/mol. The monoisotopic (exact) mass is 378 g/mol. The first-order valence-corrected chi connectivity index (χ1v) is 12.1. The van der Waals surface area contributed by atoms with E-state index in [2.05, 4.69) is 40.7 Å². The number of fused-ring (bicyclic) bond motifs is 5. The fourth-order valence-electron chi connectivity index (χ4n) is 8.60. The Morgan fingerprint density at radius 1 is 0.929 bits per heavy atom.